The molecule has 1 N–H and O–H groups in total. The smallest absolute Gasteiger partial charge is 0.263 e. The van der Waals surface area contributed by atoms with Gasteiger partial charge in [0.05, 0.1) is 13.2 Å². The van der Waals surface area contributed by atoms with Crippen LogP contribution >= 0.6 is 0 Å². The average molecular weight is 327 g/mol. The van der Waals surface area contributed by atoms with Crippen LogP contribution in [0.25, 0.3) is 0 Å². The van der Waals surface area contributed by atoms with E-state index in [2.05, 4.69) is 10.2 Å². The Bertz CT molecular complexity index is 608. The summed E-state index contributed by atoms with van der Waals surface area (Å²) in [6.07, 6.45) is 6.36. The maximum absolute atomic E-state index is 12.4. The van der Waals surface area contributed by atoms with Crippen molar-refractivity contribution in [2.75, 3.05) is 20.2 Å². The van der Waals surface area contributed by atoms with Gasteiger partial charge in [-0.2, -0.15) is 5.26 Å². The second-order valence-electron chi connectivity index (χ2n) is 6.07. The summed E-state index contributed by atoms with van der Waals surface area (Å²) in [7, 11) is 1.62. The molecular weight excluding hydrogens is 302 g/mol. The molecule has 0 saturated carbocycles. The van der Waals surface area contributed by atoms with E-state index in [4.69, 9.17) is 4.74 Å². The first-order chi connectivity index (χ1) is 11.6. The highest BCUT2D eigenvalue weighted by molar-refractivity contribution is 5.97. The normalized spacial score (nSPS) is 16.7. The van der Waals surface area contributed by atoms with E-state index < -0.39 is 0 Å². The molecule has 5 heteroatoms. The van der Waals surface area contributed by atoms with Gasteiger partial charge in [-0.05, 0) is 37.5 Å². The average Bonchev–Trinajstić information content (AvgIpc) is 2.88. The van der Waals surface area contributed by atoms with E-state index in [-0.39, 0.29) is 17.5 Å². The van der Waals surface area contributed by atoms with Gasteiger partial charge >= 0.3 is 0 Å². The molecule has 1 fully saturated rings. The lowest BCUT2D eigenvalue weighted by Gasteiger charge is -2.19. The van der Waals surface area contributed by atoms with Crippen LogP contribution in [0, 0.1) is 11.3 Å². The molecule has 0 radical (unpaired) electrons. The van der Waals surface area contributed by atoms with Crippen molar-refractivity contribution in [2.45, 2.75) is 38.6 Å². The molecule has 1 aliphatic rings. The number of nitriles is 1. The molecule has 0 aromatic heterocycles. The Kier molecular flexibility index (Phi) is 6.68. The number of amides is 1. The summed E-state index contributed by atoms with van der Waals surface area (Å²) in [6, 6.07) is 9.39. The van der Waals surface area contributed by atoms with Crippen molar-refractivity contribution >= 4 is 5.91 Å². The number of nitrogens with zero attached hydrogens (tertiary/aromatic N) is 2. The minimum absolute atomic E-state index is 0.164. The van der Waals surface area contributed by atoms with Crippen molar-refractivity contribution in [3.8, 4) is 11.8 Å². The third-order valence-corrected chi connectivity index (χ3v) is 4.28. The highest BCUT2D eigenvalue weighted by Gasteiger charge is 2.16. The highest BCUT2D eigenvalue weighted by atomic mass is 16.5. The summed E-state index contributed by atoms with van der Waals surface area (Å²) in [4.78, 5) is 14.5. The Morgan fingerprint density at radius 2 is 1.88 bits per heavy atom. The van der Waals surface area contributed by atoms with Crippen LogP contribution in [-0.2, 0) is 4.79 Å². The van der Waals surface area contributed by atoms with Gasteiger partial charge in [0.25, 0.3) is 5.91 Å². The molecule has 1 aromatic rings. The zero-order valence-corrected chi connectivity index (χ0v) is 14.4. The second-order valence-corrected chi connectivity index (χ2v) is 6.07. The van der Waals surface area contributed by atoms with E-state index >= 15 is 0 Å². The lowest BCUT2D eigenvalue weighted by molar-refractivity contribution is -0.117. The fourth-order valence-electron chi connectivity index (χ4n) is 2.80. The molecule has 24 heavy (non-hydrogen) atoms. The largest absolute Gasteiger partial charge is 0.497 e. The number of rotatable bonds is 5. The van der Waals surface area contributed by atoms with Crippen molar-refractivity contribution in [3.05, 3.63) is 41.6 Å². The lowest BCUT2D eigenvalue weighted by Crippen LogP contribution is -2.29. The minimum atomic E-state index is -0.329. The van der Waals surface area contributed by atoms with Crippen molar-refractivity contribution in [1.29, 1.82) is 5.26 Å². The van der Waals surface area contributed by atoms with Gasteiger partial charge in [0.1, 0.15) is 17.4 Å². The summed E-state index contributed by atoms with van der Waals surface area (Å²) < 4.78 is 5.14. The summed E-state index contributed by atoms with van der Waals surface area (Å²) in [5.41, 5.74) is 1.13. The molecule has 1 atom stereocenters. The van der Waals surface area contributed by atoms with Crippen LogP contribution in [-0.4, -0.2) is 31.0 Å². The van der Waals surface area contributed by atoms with E-state index in [1.807, 2.05) is 37.3 Å². The number of carbonyl (C=O) groups is 1. The van der Waals surface area contributed by atoms with Crippen molar-refractivity contribution in [3.63, 3.8) is 0 Å². The number of likely N-dealkylation sites (tertiary alicyclic amines) is 1. The quantitative estimate of drug-likeness (QED) is 0.666. The summed E-state index contributed by atoms with van der Waals surface area (Å²) >= 11 is 0. The Hall–Kier alpha value is -2.48. The van der Waals surface area contributed by atoms with Gasteiger partial charge in [-0.3, -0.25) is 4.79 Å². The SMILES string of the molecule is COc1ccc(C(C)NC(=O)/C(C#N)=C\N2CCCCCC2)cc1. The molecule has 1 heterocycles. The predicted molar refractivity (Wildman–Crippen MR) is 93.3 cm³/mol. The van der Waals surface area contributed by atoms with Gasteiger partial charge in [-0.15, -0.1) is 0 Å². The minimum Gasteiger partial charge on any atom is -0.497 e. The maximum atomic E-state index is 12.4. The van der Waals surface area contributed by atoms with Crippen LogP contribution in [0.2, 0.25) is 0 Å². The number of nitrogens with one attached hydrogen (secondary N) is 1. The number of hydrogen-bond acceptors (Lipinski definition) is 4. The zero-order chi connectivity index (χ0) is 17.4. The number of benzene rings is 1. The second kappa shape index (κ2) is 8.97. The molecule has 5 nitrogen and oxygen atoms in total. The molecule has 0 spiro atoms. The molecule has 0 bridgehead atoms. The monoisotopic (exact) mass is 327 g/mol. The molecule has 0 aliphatic carbocycles. The summed E-state index contributed by atoms with van der Waals surface area (Å²) in [5, 5.41) is 12.2. The van der Waals surface area contributed by atoms with E-state index in [0.29, 0.717) is 0 Å². The van der Waals surface area contributed by atoms with Gasteiger partial charge in [-0.1, -0.05) is 25.0 Å². The molecule has 1 aliphatic heterocycles. The maximum Gasteiger partial charge on any atom is 0.263 e. The molecular formula is C19H25N3O2. The zero-order valence-electron chi connectivity index (χ0n) is 14.4. The third kappa shape index (κ3) is 5.02. The van der Waals surface area contributed by atoms with Crippen LogP contribution in [0.1, 0.15) is 44.2 Å². The summed E-state index contributed by atoms with van der Waals surface area (Å²) in [5.74, 6) is 0.445. The summed E-state index contributed by atoms with van der Waals surface area (Å²) in [6.45, 7) is 3.72. The van der Waals surface area contributed by atoms with Crippen LogP contribution in [0.3, 0.4) is 0 Å². The Balaban J connectivity index is 2.00. The van der Waals surface area contributed by atoms with Gasteiger partial charge in [0.2, 0.25) is 0 Å². The molecule has 1 saturated heterocycles. The van der Waals surface area contributed by atoms with E-state index in [1.165, 1.54) is 12.8 Å². The van der Waals surface area contributed by atoms with Crippen LogP contribution in [0.5, 0.6) is 5.75 Å². The molecule has 1 aromatic carbocycles. The van der Waals surface area contributed by atoms with E-state index in [1.54, 1.807) is 13.3 Å². The molecule has 1 unspecified atom stereocenters. The van der Waals surface area contributed by atoms with Crippen molar-refractivity contribution in [2.24, 2.45) is 0 Å². The van der Waals surface area contributed by atoms with Gasteiger partial charge in [-0.25, -0.2) is 0 Å². The standard InChI is InChI=1S/C19H25N3O2/c1-15(16-7-9-18(24-2)10-8-16)21-19(23)17(13-20)14-22-11-5-3-4-6-12-22/h7-10,14-15H,3-6,11-12H2,1-2H3,(H,21,23)/b17-14-. The predicted octanol–water partition coefficient (Wildman–Crippen LogP) is 3.16. The Labute approximate surface area is 143 Å². The number of ether oxygens (including phenoxy) is 1. The van der Waals surface area contributed by atoms with E-state index in [9.17, 15) is 10.1 Å². The first-order valence-corrected chi connectivity index (χ1v) is 8.45. The molecule has 2 rings (SSSR count). The Morgan fingerprint density at radius 1 is 1.25 bits per heavy atom. The number of hydrogen-bond donors (Lipinski definition) is 1. The first-order valence-electron chi connectivity index (χ1n) is 8.45. The van der Waals surface area contributed by atoms with Gasteiger partial charge in [0.15, 0.2) is 0 Å². The van der Waals surface area contributed by atoms with Crippen LogP contribution < -0.4 is 10.1 Å². The third-order valence-electron chi connectivity index (χ3n) is 4.28. The first kappa shape index (κ1) is 17.9. The Morgan fingerprint density at radius 3 is 2.42 bits per heavy atom. The fraction of sp³-hybridized carbons (Fsp3) is 0.474. The van der Waals surface area contributed by atoms with Crippen molar-refractivity contribution < 1.29 is 9.53 Å². The molecule has 1 amide bonds. The lowest BCUT2D eigenvalue weighted by atomic mass is 10.1. The van der Waals surface area contributed by atoms with Crippen LogP contribution in [0.15, 0.2) is 36.0 Å². The van der Waals surface area contributed by atoms with Crippen molar-refractivity contribution in [1.82, 2.24) is 10.2 Å². The fourth-order valence-corrected chi connectivity index (χ4v) is 2.80. The topological polar surface area (TPSA) is 65.4 Å². The highest BCUT2D eigenvalue weighted by Crippen LogP contribution is 2.18. The van der Waals surface area contributed by atoms with Gasteiger partial charge in [0, 0.05) is 19.3 Å². The number of methoxy groups -OCH3 is 1. The molecule has 128 valence electrons. The van der Waals surface area contributed by atoms with Crippen LogP contribution in [0.4, 0.5) is 0 Å². The number of carbonyl (C=O) groups excluding carboxylic acids is 1. The van der Waals surface area contributed by atoms with E-state index in [0.717, 1.165) is 37.2 Å². The van der Waals surface area contributed by atoms with Gasteiger partial charge < -0.3 is 15.0 Å².